The Bertz CT molecular complexity index is 1980. The van der Waals surface area contributed by atoms with Gasteiger partial charge in [-0.25, -0.2) is 14.2 Å². The molecule has 3 aromatic rings. The highest BCUT2D eigenvalue weighted by Gasteiger charge is 2.56. The van der Waals surface area contributed by atoms with Gasteiger partial charge in [0.25, 0.3) is 0 Å². The van der Waals surface area contributed by atoms with E-state index in [2.05, 4.69) is 18.3 Å². The van der Waals surface area contributed by atoms with Crippen LogP contribution >= 0.6 is 7.82 Å². The Morgan fingerprint density at radius 3 is 2.23 bits per heavy atom. The molecule has 16 heteroatoms. The van der Waals surface area contributed by atoms with Crippen LogP contribution in [0.5, 0.6) is 5.75 Å². The van der Waals surface area contributed by atoms with Crippen molar-refractivity contribution in [3.05, 3.63) is 101 Å². The molecule has 9 unspecified atom stereocenters. The summed E-state index contributed by atoms with van der Waals surface area (Å²) in [6.07, 6.45) is 3.31. The zero-order chi connectivity index (χ0) is 43.7. The van der Waals surface area contributed by atoms with Gasteiger partial charge in [0.1, 0.15) is 30.5 Å². The monoisotopic (exact) mass is 877 g/mol. The summed E-state index contributed by atoms with van der Waals surface area (Å²) in [4.78, 5) is 37.0. The molecule has 0 saturated heterocycles. The lowest BCUT2D eigenvalue weighted by molar-refractivity contribution is -0.163. The van der Waals surface area contributed by atoms with Gasteiger partial charge in [-0.15, -0.1) is 0 Å². The fraction of sp³-hybridized carbons (Fsp3) is 0.543. The minimum Gasteiger partial charge on any atom is -0.460 e. The summed E-state index contributed by atoms with van der Waals surface area (Å²) in [5, 5.41) is 12.8. The fourth-order valence-electron chi connectivity index (χ4n) is 10.1. The molecular weight excluding hydrogens is 817 g/mol. The van der Waals surface area contributed by atoms with E-state index in [0.29, 0.717) is 36.3 Å². The van der Waals surface area contributed by atoms with Gasteiger partial charge in [0.2, 0.25) is 5.91 Å². The second-order valence-corrected chi connectivity index (χ2v) is 18.7. The lowest BCUT2D eigenvalue weighted by Crippen LogP contribution is -2.55. The lowest BCUT2D eigenvalue weighted by Gasteiger charge is -2.50. The molecule has 7 rings (SSSR count). The predicted octanol–water partition coefficient (Wildman–Crippen LogP) is 6.09. The van der Waals surface area contributed by atoms with Crippen molar-refractivity contribution in [2.24, 2.45) is 34.6 Å². The van der Waals surface area contributed by atoms with Crippen molar-refractivity contribution < 1.29 is 56.6 Å². The van der Waals surface area contributed by atoms with Gasteiger partial charge in [0, 0.05) is 18.0 Å². The van der Waals surface area contributed by atoms with Crippen LogP contribution in [0.25, 0.3) is 0 Å². The van der Waals surface area contributed by atoms with Gasteiger partial charge < -0.3 is 45.4 Å². The summed E-state index contributed by atoms with van der Waals surface area (Å²) in [7, 11) is -4.00. The number of aliphatic hydroxyl groups excluding tert-OH is 1. The number of carbonyl (C=O) groups is 3. The first-order valence-corrected chi connectivity index (χ1v) is 23.2. The van der Waals surface area contributed by atoms with Crippen molar-refractivity contribution in [3.63, 3.8) is 0 Å². The molecule has 3 aromatic carbocycles. The van der Waals surface area contributed by atoms with E-state index in [-0.39, 0.29) is 57.7 Å². The first-order valence-electron chi connectivity index (χ1n) is 21.7. The largest absolute Gasteiger partial charge is 0.530 e. The number of benzene rings is 3. The van der Waals surface area contributed by atoms with Crippen LogP contribution in [0.2, 0.25) is 0 Å². The molecule has 0 radical (unpaired) electrons. The van der Waals surface area contributed by atoms with Crippen LogP contribution in [-0.2, 0) is 61.8 Å². The Balaban J connectivity index is 0.838. The van der Waals surface area contributed by atoms with Crippen molar-refractivity contribution in [2.75, 3.05) is 33.0 Å². The molecule has 4 aliphatic carbocycles. The quantitative estimate of drug-likeness (QED) is 0.0610. The number of hydrogen-bond acceptors (Lipinski definition) is 13. The third-order valence-corrected chi connectivity index (χ3v) is 14.6. The first-order chi connectivity index (χ1) is 29.9. The average Bonchev–Trinajstić information content (AvgIpc) is 3.60. The number of phosphoric acid groups is 1. The molecule has 3 fully saturated rings. The molecule has 62 heavy (non-hydrogen) atoms. The van der Waals surface area contributed by atoms with Crippen molar-refractivity contribution in [1.29, 1.82) is 0 Å². The van der Waals surface area contributed by atoms with Gasteiger partial charge in [0.15, 0.2) is 0 Å². The summed E-state index contributed by atoms with van der Waals surface area (Å²) in [5.41, 5.74) is 15.3. The van der Waals surface area contributed by atoms with Gasteiger partial charge in [-0.05, 0) is 104 Å². The summed E-state index contributed by atoms with van der Waals surface area (Å²) >= 11 is 0. The number of ether oxygens (including phenoxy) is 4. The smallest absolute Gasteiger partial charge is 0.460 e. The molecular formula is C46H60N3O12P. The number of primary amides is 1. The average molecular weight is 878 g/mol. The zero-order valence-corrected chi connectivity index (χ0v) is 36.2. The van der Waals surface area contributed by atoms with Crippen LogP contribution in [0.1, 0.15) is 80.0 Å². The molecule has 0 spiro atoms. The number of fused-ring (bicyclic) bond motifs is 5. The van der Waals surface area contributed by atoms with Crippen molar-refractivity contribution >= 4 is 25.8 Å². The normalized spacial score (nSPS) is 27.9. The van der Waals surface area contributed by atoms with Crippen molar-refractivity contribution in [3.8, 4) is 5.75 Å². The molecule has 0 aromatic heterocycles. The van der Waals surface area contributed by atoms with Crippen LogP contribution in [0.15, 0.2) is 78.9 Å². The van der Waals surface area contributed by atoms with E-state index >= 15 is 0 Å². The van der Waals surface area contributed by atoms with Crippen molar-refractivity contribution in [2.45, 2.75) is 102 Å². The Labute approximate surface area is 363 Å². The number of phosphoric ester groups is 1. The molecule has 336 valence electrons. The fourth-order valence-corrected chi connectivity index (χ4v) is 11.3. The van der Waals surface area contributed by atoms with E-state index < -0.39 is 50.0 Å². The van der Waals surface area contributed by atoms with E-state index in [0.717, 1.165) is 49.7 Å². The van der Waals surface area contributed by atoms with E-state index in [4.69, 9.17) is 44.0 Å². The lowest BCUT2D eigenvalue weighted by atomic mass is 9.55. The van der Waals surface area contributed by atoms with Crippen LogP contribution in [-0.4, -0.2) is 80.4 Å². The van der Waals surface area contributed by atoms with Gasteiger partial charge in [-0.2, -0.15) is 0 Å². The number of nitrogens with one attached hydrogen (secondary N) is 1. The molecule has 0 heterocycles. The number of rotatable bonds is 19. The van der Waals surface area contributed by atoms with Crippen molar-refractivity contribution in [1.82, 2.24) is 5.32 Å². The summed E-state index contributed by atoms with van der Waals surface area (Å²) in [5.74, 6) is -0.538. The highest BCUT2D eigenvalue weighted by atomic mass is 31.2. The van der Waals surface area contributed by atoms with Gasteiger partial charge in [0.05, 0.1) is 39.1 Å². The molecule has 4 aliphatic rings. The number of nitrogens with two attached hydrogens (primary N) is 2. The topological polar surface area (TPSA) is 217 Å². The number of alkyl carbamates (subject to hydrolysis) is 1. The first kappa shape index (κ1) is 45.7. The van der Waals surface area contributed by atoms with E-state index in [1.165, 1.54) is 11.1 Å². The van der Waals surface area contributed by atoms with Crippen LogP contribution < -0.4 is 21.3 Å². The maximum absolute atomic E-state index is 14.1. The van der Waals surface area contributed by atoms with Crippen LogP contribution in [0.4, 0.5) is 4.79 Å². The number of aryl methyl sites for hydroxylation is 1. The highest BCUT2D eigenvalue weighted by Crippen LogP contribution is 2.62. The molecule has 15 nitrogen and oxygen atoms in total. The zero-order valence-electron chi connectivity index (χ0n) is 35.3. The molecule has 0 aliphatic heterocycles. The number of hydrogen-bond donors (Lipinski definition) is 4. The maximum atomic E-state index is 14.1. The second kappa shape index (κ2) is 20.9. The Kier molecular flexibility index (Phi) is 15.4. The number of amides is 2. The van der Waals surface area contributed by atoms with Gasteiger partial charge >= 0.3 is 19.9 Å². The maximum Gasteiger partial charge on any atom is 0.530 e. The summed E-state index contributed by atoms with van der Waals surface area (Å²) in [6, 6.07) is 24.4. The van der Waals surface area contributed by atoms with E-state index in [9.17, 15) is 24.1 Å². The summed E-state index contributed by atoms with van der Waals surface area (Å²) < 4.78 is 54.4. The molecule has 0 bridgehead atoms. The Hall–Kier alpha value is -4.34. The number of carbonyl (C=O) groups excluding carboxylic acids is 3. The molecule has 6 N–H and O–H groups in total. The Morgan fingerprint density at radius 1 is 0.839 bits per heavy atom. The SMILES string of the molecule is CC12CCC3c4ccc(OP(=O)(OCc5ccccc5)OCc5ccccc5)cc4CCC3C1CCC2OC(=O)COCCOCCNC(=O)OC1CCC(N)C(O)C1C(N)=O. The van der Waals surface area contributed by atoms with Gasteiger partial charge in [-0.1, -0.05) is 73.7 Å². The second-order valence-electron chi connectivity index (χ2n) is 17.1. The predicted molar refractivity (Wildman–Crippen MR) is 227 cm³/mol. The Morgan fingerprint density at radius 2 is 1.53 bits per heavy atom. The van der Waals surface area contributed by atoms with E-state index in [1.54, 1.807) is 0 Å². The number of esters is 1. The standard InChI is InChI=1S/C46H60N3O12P/c1-46-21-20-35-34-15-13-33(61-62(54,57-27-30-8-4-2-5-9-30)58-28-31-10-6-3-7-11-31)26-32(34)12-14-36(35)37(46)16-19-40(46)60-41(50)29-56-25-24-55-23-22-49-45(53)59-39-18-17-38(47)43(51)42(39)44(48)52/h2-11,13,15,26,35-40,42-43,51H,12,14,16-25,27-29,47H2,1H3,(H2,48,52)(H,49,53). The summed E-state index contributed by atoms with van der Waals surface area (Å²) in [6.45, 7) is 2.92. The van der Waals surface area contributed by atoms with Crippen LogP contribution in [0, 0.1) is 23.2 Å². The third kappa shape index (κ3) is 11.2. The molecule has 3 saturated carbocycles. The number of aliphatic hydroxyl groups is 1. The minimum atomic E-state index is -4.00. The van der Waals surface area contributed by atoms with E-state index in [1.807, 2.05) is 72.8 Å². The highest BCUT2D eigenvalue weighted by molar-refractivity contribution is 7.48. The third-order valence-electron chi connectivity index (χ3n) is 13.3. The van der Waals surface area contributed by atoms with Gasteiger partial charge in [-0.3, -0.25) is 13.8 Å². The molecule has 9 atom stereocenters. The van der Waals surface area contributed by atoms with Crippen LogP contribution in [0.3, 0.4) is 0 Å². The molecule has 2 amide bonds. The minimum absolute atomic E-state index is 0.0800.